The summed E-state index contributed by atoms with van der Waals surface area (Å²) in [7, 11) is -3.54. The molecule has 1 heterocycles. The molecular formula is C24H30FN3O3S. The van der Waals surface area contributed by atoms with Crippen LogP contribution >= 0.6 is 0 Å². The van der Waals surface area contributed by atoms with Gasteiger partial charge in [0.15, 0.2) is 0 Å². The number of sulfonamides is 1. The average molecular weight is 460 g/mol. The highest BCUT2D eigenvalue weighted by Crippen LogP contribution is 2.27. The Morgan fingerprint density at radius 1 is 0.969 bits per heavy atom. The minimum atomic E-state index is -3.54. The van der Waals surface area contributed by atoms with E-state index in [0.29, 0.717) is 31.1 Å². The van der Waals surface area contributed by atoms with E-state index < -0.39 is 10.0 Å². The summed E-state index contributed by atoms with van der Waals surface area (Å²) in [6.07, 6.45) is 3.04. The van der Waals surface area contributed by atoms with Crippen LogP contribution in [0.15, 0.2) is 47.4 Å². The fourth-order valence-corrected chi connectivity index (χ4v) is 6.00. The molecule has 2 unspecified atom stereocenters. The zero-order valence-electron chi connectivity index (χ0n) is 18.6. The number of hydrogen-bond acceptors (Lipinski definition) is 4. The van der Waals surface area contributed by atoms with Crippen LogP contribution in [0, 0.1) is 5.82 Å². The van der Waals surface area contributed by atoms with E-state index in [2.05, 4.69) is 5.32 Å². The molecule has 1 aliphatic heterocycles. The number of hydrogen-bond donors (Lipinski definition) is 1. The van der Waals surface area contributed by atoms with E-state index in [1.807, 2.05) is 30.9 Å². The van der Waals surface area contributed by atoms with Gasteiger partial charge in [0.05, 0.1) is 17.0 Å². The van der Waals surface area contributed by atoms with E-state index in [4.69, 9.17) is 0 Å². The molecule has 2 aliphatic rings. The van der Waals surface area contributed by atoms with Crippen LogP contribution in [0.1, 0.15) is 43.0 Å². The average Bonchev–Trinajstić information content (AvgIpc) is 3.27. The minimum Gasteiger partial charge on any atom is -0.348 e. The molecule has 0 radical (unpaired) electrons. The van der Waals surface area contributed by atoms with Gasteiger partial charge in [-0.1, -0.05) is 18.2 Å². The van der Waals surface area contributed by atoms with Crippen LogP contribution in [0.3, 0.4) is 0 Å². The summed E-state index contributed by atoms with van der Waals surface area (Å²) in [6.45, 7) is 5.37. The lowest BCUT2D eigenvalue weighted by atomic mass is 10.1. The SMILES string of the molecule is CC(NC(=O)C(C)N1CCN(S(=O)(=O)c2ccc3c(c2)CCC3)CC1)c1ccc(F)cc1. The number of amides is 1. The second kappa shape index (κ2) is 9.29. The Morgan fingerprint density at radius 3 is 2.31 bits per heavy atom. The Kier molecular flexibility index (Phi) is 6.65. The molecule has 0 aromatic heterocycles. The summed E-state index contributed by atoms with van der Waals surface area (Å²) in [5, 5.41) is 2.97. The molecule has 2 aromatic carbocycles. The van der Waals surface area contributed by atoms with Crippen molar-refractivity contribution >= 4 is 15.9 Å². The molecule has 2 atom stereocenters. The van der Waals surface area contributed by atoms with Crippen LogP contribution in [-0.4, -0.2) is 55.8 Å². The standard InChI is InChI=1S/C24H30FN3O3S/c1-17(19-6-9-22(25)10-7-19)26-24(29)18(2)27-12-14-28(15-13-27)32(30,31)23-11-8-20-4-3-5-21(20)16-23/h6-11,16-18H,3-5,12-15H2,1-2H3,(H,26,29). The first-order chi connectivity index (χ1) is 15.3. The Morgan fingerprint density at radius 2 is 1.62 bits per heavy atom. The largest absolute Gasteiger partial charge is 0.348 e. The van der Waals surface area contributed by atoms with E-state index in [1.165, 1.54) is 22.0 Å². The second-order valence-corrected chi connectivity index (χ2v) is 10.6. The summed E-state index contributed by atoms with van der Waals surface area (Å²) >= 11 is 0. The monoisotopic (exact) mass is 459 g/mol. The number of rotatable bonds is 6. The van der Waals surface area contributed by atoms with Crippen LogP contribution in [0.5, 0.6) is 0 Å². The quantitative estimate of drug-likeness (QED) is 0.721. The molecule has 2 aromatic rings. The highest BCUT2D eigenvalue weighted by atomic mass is 32.2. The molecule has 32 heavy (non-hydrogen) atoms. The Labute approximate surface area is 189 Å². The first kappa shape index (κ1) is 22.9. The van der Waals surface area contributed by atoms with E-state index in [1.54, 1.807) is 18.2 Å². The van der Waals surface area contributed by atoms with Crippen molar-refractivity contribution in [2.24, 2.45) is 0 Å². The zero-order valence-corrected chi connectivity index (χ0v) is 19.4. The summed E-state index contributed by atoms with van der Waals surface area (Å²) in [4.78, 5) is 15.1. The third-order valence-corrected chi connectivity index (χ3v) is 8.53. The molecular weight excluding hydrogens is 429 g/mol. The van der Waals surface area contributed by atoms with Crippen molar-refractivity contribution in [3.8, 4) is 0 Å². The summed E-state index contributed by atoms with van der Waals surface area (Å²) in [5.41, 5.74) is 3.23. The highest BCUT2D eigenvalue weighted by molar-refractivity contribution is 7.89. The van der Waals surface area contributed by atoms with Gasteiger partial charge in [-0.05, 0) is 74.1 Å². The van der Waals surface area contributed by atoms with Gasteiger partial charge in [-0.2, -0.15) is 4.31 Å². The van der Waals surface area contributed by atoms with Crippen molar-refractivity contribution < 1.29 is 17.6 Å². The normalized spacial score (nSPS) is 19.3. The third kappa shape index (κ3) is 4.72. The maximum atomic E-state index is 13.1. The van der Waals surface area contributed by atoms with E-state index in [9.17, 15) is 17.6 Å². The highest BCUT2D eigenvalue weighted by Gasteiger charge is 2.32. The molecule has 4 rings (SSSR count). The van der Waals surface area contributed by atoms with Crippen LogP contribution in [0.25, 0.3) is 0 Å². The van der Waals surface area contributed by atoms with Gasteiger partial charge >= 0.3 is 0 Å². The van der Waals surface area contributed by atoms with Gasteiger partial charge in [0, 0.05) is 26.2 Å². The van der Waals surface area contributed by atoms with Crippen molar-refractivity contribution in [2.75, 3.05) is 26.2 Å². The van der Waals surface area contributed by atoms with Crippen LogP contribution in [0.2, 0.25) is 0 Å². The molecule has 172 valence electrons. The number of nitrogens with one attached hydrogen (secondary N) is 1. The lowest BCUT2D eigenvalue weighted by Gasteiger charge is -2.37. The first-order valence-corrected chi connectivity index (χ1v) is 12.6. The Hall–Kier alpha value is -2.29. The maximum Gasteiger partial charge on any atom is 0.243 e. The minimum absolute atomic E-state index is 0.128. The predicted molar refractivity (Wildman–Crippen MR) is 121 cm³/mol. The number of carbonyl (C=O) groups is 1. The molecule has 0 saturated carbocycles. The Bertz CT molecular complexity index is 1080. The molecule has 6 nitrogen and oxygen atoms in total. The smallest absolute Gasteiger partial charge is 0.243 e. The molecule has 1 fully saturated rings. The second-order valence-electron chi connectivity index (χ2n) is 8.68. The number of carbonyl (C=O) groups excluding carboxylic acids is 1. The zero-order chi connectivity index (χ0) is 22.9. The summed E-state index contributed by atoms with van der Waals surface area (Å²) < 4.78 is 40.9. The van der Waals surface area contributed by atoms with Gasteiger partial charge in [0.25, 0.3) is 0 Å². The van der Waals surface area contributed by atoms with Crippen LogP contribution in [-0.2, 0) is 27.7 Å². The molecule has 1 amide bonds. The molecule has 1 aliphatic carbocycles. The molecule has 1 saturated heterocycles. The molecule has 0 spiro atoms. The topological polar surface area (TPSA) is 69.7 Å². The van der Waals surface area contributed by atoms with Gasteiger partial charge in [-0.15, -0.1) is 0 Å². The third-order valence-electron chi connectivity index (χ3n) is 6.64. The predicted octanol–water partition coefficient (Wildman–Crippen LogP) is 2.89. The van der Waals surface area contributed by atoms with Gasteiger partial charge in [0.2, 0.25) is 15.9 Å². The molecule has 0 bridgehead atoms. The maximum absolute atomic E-state index is 13.1. The van der Waals surface area contributed by atoms with Crippen molar-refractivity contribution in [3.05, 3.63) is 65.0 Å². The van der Waals surface area contributed by atoms with Crippen molar-refractivity contribution in [1.29, 1.82) is 0 Å². The fourth-order valence-electron chi connectivity index (χ4n) is 4.52. The molecule has 1 N–H and O–H groups in total. The fraction of sp³-hybridized carbons (Fsp3) is 0.458. The Balaban J connectivity index is 1.34. The number of nitrogens with zero attached hydrogens (tertiary/aromatic N) is 2. The van der Waals surface area contributed by atoms with Gasteiger partial charge in [-0.25, -0.2) is 12.8 Å². The van der Waals surface area contributed by atoms with Crippen molar-refractivity contribution in [2.45, 2.75) is 50.1 Å². The van der Waals surface area contributed by atoms with E-state index >= 15 is 0 Å². The van der Waals surface area contributed by atoms with Gasteiger partial charge in [-0.3, -0.25) is 9.69 Å². The number of benzene rings is 2. The number of piperazine rings is 1. The van der Waals surface area contributed by atoms with Gasteiger partial charge in [0.1, 0.15) is 5.82 Å². The molecule has 8 heteroatoms. The summed E-state index contributed by atoms with van der Waals surface area (Å²) in [6, 6.07) is 10.9. The first-order valence-electron chi connectivity index (χ1n) is 11.2. The lowest BCUT2D eigenvalue weighted by Crippen LogP contribution is -2.55. The van der Waals surface area contributed by atoms with Crippen LogP contribution in [0.4, 0.5) is 4.39 Å². The van der Waals surface area contributed by atoms with Crippen LogP contribution < -0.4 is 5.32 Å². The number of halogens is 1. The summed E-state index contributed by atoms with van der Waals surface area (Å²) in [5.74, 6) is -0.440. The number of fused-ring (bicyclic) bond motifs is 1. The lowest BCUT2D eigenvalue weighted by molar-refractivity contribution is -0.127. The van der Waals surface area contributed by atoms with E-state index in [-0.39, 0.29) is 23.8 Å². The van der Waals surface area contributed by atoms with Crippen molar-refractivity contribution in [3.63, 3.8) is 0 Å². The number of aryl methyl sites for hydroxylation is 2. The van der Waals surface area contributed by atoms with Crippen molar-refractivity contribution in [1.82, 2.24) is 14.5 Å². The van der Waals surface area contributed by atoms with E-state index in [0.717, 1.165) is 30.4 Å². The van der Waals surface area contributed by atoms with Gasteiger partial charge < -0.3 is 5.32 Å².